The SMILES string of the molecule is NOCC(F)C1CCSC1. The molecule has 1 fully saturated rings. The molecule has 1 aliphatic heterocycles. The second-order valence-electron chi connectivity index (χ2n) is 2.47. The maximum atomic E-state index is 12.9. The van der Waals surface area contributed by atoms with Crippen molar-refractivity contribution in [3.63, 3.8) is 0 Å². The Bertz CT molecular complexity index is 97.7. The quantitative estimate of drug-likeness (QED) is 0.633. The van der Waals surface area contributed by atoms with E-state index < -0.39 is 6.17 Å². The highest BCUT2D eigenvalue weighted by molar-refractivity contribution is 7.99. The van der Waals surface area contributed by atoms with Gasteiger partial charge in [0, 0.05) is 5.92 Å². The zero-order valence-electron chi connectivity index (χ0n) is 5.75. The van der Waals surface area contributed by atoms with Gasteiger partial charge in [0.15, 0.2) is 0 Å². The summed E-state index contributed by atoms with van der Waals surface area (Å²) < 4.78 is 12.9. The Morgan fingerprint density at radius 2 is 2.60 bits per heavy atom. The number of hydrogen-bond donors (Lipinski definition) is 1. The van der Waals surface area contributed by atoms with E-state index in [9.17, 15) is 4.39 Å². The van der Waals surface area contributed by atoms with Crippen molar-refractivity contribution in [1.82, 2.24) is 0 Å². The van der Waals surface area contributed by atoms with E-state index >= 15 is 0 Å². The molecular formula is C6H12FNOS. The summed E-state index contributed by atoms with van der Waals surface area (Å²) in [5.41, 5.74) is 0. The number of rotatable bonds is 3. The Hall–Kier alpha value is 0.200. The van der Waals surface area contributed by atoms with Crippen molar-refractivity contribution in [2.75, 3.05) is 18.1 Å². The standard InChI is InChI=1S/C6H12FNOS/c7-6(3-9-8)5-1-2-10-4-5/h5-6H,1-4,8H2. The predicted molar refractivity (Wildman–Crippen MR) is 40.5 cm³/mol. The van der Waals surface area contributed by atoms with Crippen LogP contribution < -0.4 is 5.90 Å². The maximum Gasteiger partial charge on any atom is 0.129 e. The van der Waals surface area contributed by atoms with Gasteiger partial charge in [-0.05, 0) is 17.9 Å². The fraction of sp³-hybridized carbons (Fsp3) is 1.00. The van der Waals surface area contributed by atoms with E-state index in [2.05, 4.69) is 4.84 Å². The van der Waals surface area contributed by atoms with Crippen molar-refractivity contribution in [3.05, 3.63) is 0 Å². The zero-order chi connectivity index (χ0) is 7.40. The monoisotopic (exact) mass is 165 g/mol. The highest BCUT2D eigenvalue weighted by Gasteiger charge is 2.24. The van der Waals surface area contributed by atoms with Crippen molar-refractivity contribution in [3.8, 4) is 0 Å². The molecule has 4 heteroatoms. The van der Waals surface area contributed by atoms with Gasteiger partial charge in [0.25, 0.3) is 0 Å². The van der Waals surface area contributed by atoms with E-state index in [1.54, 1.807) is 11.8 Å². The summed E-state index contributed by atoms with van der Waals surface area (Å²) in [6, 6.07) is 0. The normalized spacial score (nSPS) is 28.8. The van der Waals surface area contributed by atoms with E-state index in [1.165, 1.54) is 0 Å². The van der Waals surface area contributed by atoms with Crippen LogP contribution in [-0.4, -0.2) is 24.3 Å². The summed E-state index contributed by atoms with van der Waals surface area (Å²) in [6.07, 6.45) is 0.106. The van der Waals surface area contributed by atoms with E-state index in [0.717, 1.165) is 17.9 Å². The summed E-state index contributed by atoms with van der Waals surface area (Å²) in [6.45, 7) is 0.0469. The first-order valence-corrected chi connectivity index (χ1v) is 4.53. The van der Waals surface area contributed by atoms with Crippen molar-refractivity contribution in [2.45, 2.75) is 12.6 Å². The fourth-order valence-electron chi connectivity index (χ4n) is 1.07. The molecule has 2 nitrogen and oxygen atoms in total. The lowest BCUT2D eigenvalue weighted by Crippen LogP contribution is -2.23. The highest BCUT2D eigenvalue weighted by Crippen LogP contribution is 2.27. The van der Waals surface area contributed by atoms with Gasteiger partial charge in [-0.1, -0.05) is 0 Å². The number of thioether (sulfide) groups is 1. The third kappa shape index (κ3) is 2.11. The lowest BCUT2D eigenvalue weighted by atomic mass is 10.0. The van der Waals surface area contributed by atoms with Gasteiger partial charge in [-0.15, -0.1) is 0 Å². The second kappa shape index (κ2) is 4.16. The molecule has 10 heavy (non-hydrogen) atoms. The van der Waals surface area contributed by atoms with Gasteiger partial charge in [-0.25, -0.2) is 10.3 Å². The smallest absolute Gasteiger partial charge is 0.129 e. The van der Waals surface area contributed by atoms with Gasteiger partial charge >= 0.3 is 0 Å². The van der Waals surface area contributed by atoms with Crippen LogP contribution in [0.4, 0.5) is 4.39 Å². The highest BCUT2D eigenvalue weighted by atomic mass is 32.2. The van der Waals surface area contributed by atoms with Crippen molar-refractivity contribution >= 4 is 11.8 Å². The summed E-state index contributed by atoms with van der Waals surface area (Å²) in [4.78, 5) is 4.23. The minimum atomic E-state index is -0.861. The first kappa shape index (κ1) is 8.30. The Balaban J connectivity index is 2.18. The Kier molecular flexibility index (Phi) is 3.45. The summed E-state index contributed by atoms with van der Waals surface area (Å²) in [5, 5.41) is 0. The van der Waals surface area contributed by atoms with Gasteiger partial charge < -0.3 is 4.84 Å². The molecule has 2 atom stereocenters. The van der Waals surface area contributed by atoms with Crippen LogP contribution >= 0.6 is 11.8 Å². The summed E-state index contributed by atoms with van der Waals surface area (Å²) >= 11 is 1.80. The van der Waals surface area contributed by atoms with Crippen LogP contribution in [0.5, 0.6) is 0 Å². The van der Waals surface area contributed by atoms with Crippen LogP contribution in [0.3, 0.4) is 0 Å². The van der Waals surface area contributed by atoms with Gasteiger partial charge in [-0.3, -0.25) is 0 Å². The molecule has 0 radical (unpaired) electrons. The van der Waals surface area contributed by atoms with Crippen LogP contribution in [0, 0.1) is 5.92 Å². The maximum absolute atomic E-state index is 12.9. The van der Waals surface area contributed by atoms with Crippen LogP contribution in [0.15, 0.2) is 0 Å². The van der Waals surface area contributed by atoms with Gasteiger partial charge in [-0.2, -0.15) is 11.8 Å². The number of alkyl halides is 1. The number of nitrogens with two attached hydrogens (primary N) is 1. The molecule has 0 saturated carbocycles. The molecule has 2 unspecified atom stereocenters. The minimum Gasteiger partial charge on any atom is -0.302 e. The Morgan fingerprint density at radius 3 is 3.10 bits per heavy atom. The van der Waals surface area contributed by atoms with E-state index in [4.69, 9.17) is 5.90 Å². The molecule has 0 aromatic carbocycles. The molecule has 0 aromatic rings. The lowest BCUT2D eigenvalue weighted by Gasteiger charge is -2.11. The van der Waals surface area contributed by atoms with Gasteiger partial charge in [0.1, 0.15) is 6.17 Å². The molecule has 1 heterocycles. The van der Waals surface area contributed by atoms with E-state index in [1.807, 2.05) is 0 Å². The minimum absolute atomic E-state index is 0.0469. The van der Waals surface area contributed by atoms with E-state index in [-0.39, 0.29) is 12.5 Å². The average Bonchev–Trinajstić information content (AvgIpc) is 2.38. The third-order valence-corrected chi connectivity index (χ3v) is 2.92. The Morgan fingerprint density at radius 1 is 1.80 bits per heavy atom. The zero-order valence-corrected chi connectivity index (χ0v) is 6.57. The molecule has 1 aliphatic rings. The van der Waals surface area contributed by atoms with Crippen LogP contribution in [0.2, 0.25) is 0 Å². The van der Waals surface area contributed by atoms with Crippen LogP contribution in [0.1, 0.15) is 6.42 Å². The first-order chi connectivity index (χ1) is 4.84. The second-order valence-corrected chi connectivity index (χ2v) is 3.62. The molecule has 60 valence electrons. The summed E-state index contributed by atoms with van der Waals surface area (Å²) in [5.74, 6) is 6.93. The molecule has 0 spiro atoms. The molecule has 0 bridgehead atoms. The van der Waals surface area contributed by atoms with Crippen molar-refractivity contribution in [2.24, 2.45) is 11.8 Å². The van der Waals surface area contributed by atoms with Gasteiger partial charge in [0.2, 0.25) is 0 Å². The average molecular weight is 165 g/mol. The molecule has 0 amide bonds. The van der Waals surface area contributed by atoms with Gasteiger partial charge in [0.05, 0.1) is 6.61 Å². The molecule has 1 saturated heterocycles. The molecule has 0 aromatic heterocycles. The molecule has 2 N–H and O–H groups in total. The van der Waals surface area contributed by atoms with Crippen LogP contribution in [-0.2, 0) is 4.84 Å². The first-order valence-electron chi connectivity index (χ1n) is 3.38. The topological polar surface area (TPSA) is 35.2 Å². The Labute approximate surface area is 64.3 Å². The van der Waals surface area contributed by atoms with Crippen LogP contribution in [0.25, 0.3) is 0 Å². The van der Waals surface area contributed by atoms with Crippen molar-refractivity contribution in [1.29, 1.82) is 0 Å². The van der Waals surface area contributed by atoms with E-state index in [0.29, 0.717) is 0 Å². The molecule has 0 aliphatic carbocycles. The van der Waals surface area contributed by atoms with Crippen molar-refractivity contribution < 1.29 is 9.23 Å². The number of hydrogen-bond acceptors (Lipinski definition) is 3. The third-order valence-electron chi connectivity index (χ3n) is 1.73. The fourth-order valence-corrected chi connectivity index (χ4v) is 2.38. The largest absolute Gasteiger partial charge is 0.302 e. The number of halogens is 1. The predicted octanol–water partition coefficient (Wildman–Crippen LogP) is 0.968. The molecular weight excluding hydrogens is 153 g/mol. The lowest BCUT2D eigenvalue weighted by molar-refractivity contribution is 0.0599. The summed E-state index contributed by atoms with van der Waals surface area (Å²) in [7, 11) is 0. The molecule has 1 rings (SSSR count).